The van der Waals surface area contributed by atoms with Crippen LogP contribution in [-0.2, 0) is 24.3 Å². The Bertz CT molecular complexity index is 104. The predicted molar refractivity (Wildman–Crippen MR) is 40.9 cm³/mol. The van der Waals surface area contributed by atoms with E-state index in [9.17, 15) is 4.79 Å². The molecule has 0 fully saturated rings. The Morgan fingerprint density at radius 1 is 1.45 bits per heavy atom. The minimum Gasteiger partial charge on any atom is -0.481 e. The molecule has 0 bridgehead atoms. The molecule has 1 unspecified atom stereocenters. The van der Waals surface area contributed by atoms with Crippen LogP contribution < -0.4 is 0 Å². The zero-order valence-corrected chi connectivity index (χ0v) is 8.85. The number of unbranched alkanes of at least 4 members (excludes halogenated alkanes) is 1. The summed E-state index contributed by atoms with van der Waals surface area (Å²) in [6.07, 6.45) is 3.71. The van der Waals surface area contributed by atoms with Crippen molar-refractivity contribution in [1.29, 1.82) is 0 Å². The summed E-state index contributed by atoms with van der Waals surface area (Å²) in [6, 6.07) is 0. The van der Waals surface area contributed by atoms with Crippen LogP contribution in [0.2, 0.25) is 0 Å². The van der Waals surface area contributed by atoms with E-state index in [1.54, 1.807) is 0 Å². The normalized spacial score (nSPS) is 11.8. The van der Waals surface area contributed by atoms with Crippen molar-refractivity contribution in [3.05, 3.63) is 0 Å². The smallest absolute Gasteiger partial charge is 0.306 e. The molecule has 0 amide bonds. The second-order valence-electron chi connectivity index (χ2n) is 2.59. The largest absolute Gasteiger partial charge is 0.481 e. The van der Waals surface area contributed by atoms with Crippen molar-refractivity contribution in [3.8, 4) is 0 Å². The molecule has 0 aliphatic heterocycles. The maximum atomic E-state index is 10.4. The number of aliphatic carboxylic acids is 1. The SMILES string of the molecule is CCCCC(CC)C(=O)O.[Ru]. The average molecular weight is 245 g/mol. The summed E-state index contributed by atoms with van der Waals surface area (Å²) in [7, 11) is 0. The van der Waals surface area contributed by atoms with E-state index >= 15 is 0 Å². The third kappa shape index (κ3) is 6.49. The van der Waals surface area contributed by atoms with Crippen LogP contribution in [0, 0.1) is 5.92 Å². The molecule has 1 N–H and O–H groups in total. The summed E-state index contributed by atoms with van der Waals surface area (Å²) in [4.78, 5) is 10.4. The van der Waals surface area contributed by atoms with E-state index in [1.807, 2.05) is 6.92 Å². The molecule has 0 radical (unpaired) electrons. The molecule has 68 valence electrons. The summed E-state index contributed by atoms with van der Waals surface area (Å²) in [6.45, 7) is 4.00. The van der Waals surface area contributed by atoms with E-state index < -0.39 is 5.97 Å². The number of rotatable bonds is 5. The minimum absolute atomic E-state index is 0. The van der Waals surface area contributed by atoms with Crippen molar-refractivity contribution in [2.45, 2.75) is 39.5 Å². The molecular formula is C8H16O2Ru. The molecule has 2 nitrogen and oxygen atoms in total. The van der Waals surface area contributed by atoms with Crippen LogP contribution in [0.15, 0.2) is 0 Å². The van der Waals surface area contributed by atoms with E-state index in [4.69, 9.17) is 5.11 Å². The monoisotopic (exact) mass is 246 g/mol. The average Bonchev–Trinajstić information content (AvgIpc) is 1.89. The van der Waals surface area contributed by atoms with Gasteiger partial charge in [0.25, 0.3) is 0 Å². The fourth-order valence-corrected chi connectivity index (χ4v) is 0.953. The number of hydrogen-bond donors (Lipinski definition) is 1. The Morgan fingerprint density at radius 3 is 2.27 bits per heavy atom. The number of carboxylic acid groups (broad SMARTS) is 1. The van der Waals surface area contributed by atoms with E-state index in [0.717, 1.165) is 25.7 Å². The summed E-state index contributed by atoms with van der Waals surface area (Å²) >= 11 is 0. The Kier molecular flexibility index (Phi) is 10.2. The van der Waals surface area contributed by atoms with E-state index in [0.29, 0.717) is 0 Å². The predicted octanol–water partition coefficient (Wildman–Crippen LogP) is 2.28. The second-order valence-corrected chi connectivity index (χ2v) is 2.59. The standard InChI is InChI=1S/C8H16O2.Ru/c1-3-5-6-7(4-2)8(9)10;/h7H,3-6H2,1-2H3,(H,9,10);. The first-order valence-corrected chi connectivity index (χ1v) is 3.95. The van der Waals surface area contributed by atoms with Crippen molar-refractivity contribution in [3.63, 3.8) is 0 Å². The van der Waals surface area contributed by atoms with Crippen molar-refractivity contribution in [2.24, 2.45) is 5.92 Å². The molecule has 0 aromatic rings. The van der Waals surface area contributed by atoms with Gasteiger partial charge in [-0.15, -0.1) is 0 Å². The first-order chi connectivity index (χ1) is 4.72. The molecule has 0 spiro atoms. The van der Waals surface area contributed by atoms with Gasteiger partial charge in [-0.3, -0.25) is 4.79 Å². The molecule has 0 saturated heterocycles. The summed E-state index contributed by atoms with van der Waals surface area (Å²) in [5.41, 5.74) is 0. The van der Waals surface area contributed by atoms with Gasteiger partial charge < -0.3 is 5.11 Å². The number of carboxylic acids is 1. The van der Waals surface area contributed by atoms with E-state index in [1.165, 1.54) is 0 Å². The molecule has 3 heteroatoms. The van der Waals surface area contributed by atoms with Gasteiger partial charge in [0.2, 0.25) is 0 Å². The molecule has 0 rings (SSSR count). The van der Waals surface area contributed by atoms with Crippen molar-refractivity contribution in [2.75, 3.05) is 0 Å². The quantitative estimate of drug-likeness (QED) is 0.754. The van der Waals surface area contributed by atoms with Gasteiger partial charge in [-0.05, 0) is 12.8 Å². The topological polar surface area (TPSA) is 37.3 Å². The summed E-state index contributed by atoms with van der Waals surface area (Å²) < 4.78 is 0. The zero-order chi connectivity index (χ0) is 7.98. The summed E-state index contributed by atoms with van der Waals surface area (Å²) in [5.74, 6) is -0.754. The third-order valence-corrected chi connectivity index (χ3v) is 1.75. The summed E-state index contributed by atoms with van der Waals surface area (Å²) in [5, 5.41) is 8.60. The van der Waals surface area contributed by atoms with Gasteiger partial charge in [0.1, 0.15) is 0 Å². The molecule has 0 aliphatic rings. The van der Waals surface area contributed by atoms with Crippen LogP contribution in [0.5, 0.6) is 0 Å². The molecule has 0 heterocycles. The minimum atomic E-state index is -0.643. The molecule has 0 aromatic heterocycles. The maximum Gasteiger partial charge on any atom is 0.306 e. The van der Waals surface area contributed by atoms with Gasteiger partial charge in [0, 0.05) is 19.5 Å². The Balaban J connectivity index is 0. The van der Waals surface area contributed by atoms with Crippen LogP contribution in [0.3, 0.4) is 0 Å². The molecule has 1 atom stereocenters. The van der Waals surface area contributed by atoms with Crippen LogP contribution in [0.4, 0.5) is 0 Å². The third-order valence-electron chi connectivity index (χ3n) is 1.75. The second kappa shape index (κ2) is 8.19. The fourth-order valence-electron chi connectivity index (χ4n) is 0.953. The van der Waals surface area contributed by atoms with Gasteiger partial charge in [0.05, 0.1) is 5.92 Å². The molecule has 0 aromatic carbocycles. The fraction of sp³-hybridized carbons (Fsp3) is 0.875. The first-order valence-electron chi connectivity index (χ1n) is 3.95. The van der Waals surface area contributed by atoms with E-state index in [-0.39, 0.29) is 25.4 Å². The van der Waals surface area contributed by atoms with Crippen LogP contribution in [0.25, 0.3) is 0 Å². The molecule has 0 aliphatic carbocycles. The van der Waals surface area contributed by atoms with E-state index in [2.05, 4.69) is 6.92 Å². The van der Waals surface area contributed by atoms with Crippen LogP contribution in [0.1, 0.15) is 39.5 Å². The van der Waals surface area contributed by atoms with Gasteiger partial charge in [-0.1, -0.05) is 26.7 Å². The van der Waals surface area contributed by atoms with Crippen molar-refractivity contribution < 1.29 is 29.4 Å². The van der Waals surface area contributed by atoms with Gasteiger partial charge >= 0.3 is 5.97 Å². The van der Waals surface area contributed by atoms with Gasteiger partial charge in [-0.25, -0.2) is 0 Å². The first kappa shape index (κ1) is 13.7. The van der Waals surface area contributed by atoms with Crippen molar-refractivity contribution >= 4 is 5.97 Å². The number of hydrogen-bond acceptors (Lipinski definition) is 1. The Morgan fingerprint density at radius 2 is 2.00 bits per heavy atom. The van der Waals surface area contributed by atoms with Gasteiger partial charge in [0.15, 0.2) is 0 Å². The zero-order valence-electron chi connectivity index (χ0n) is 7.11. The molecule has 0 saturated carbocycles. The number of carbonyl (C=O) groups is 1. The van der Waals surface area contributed by atoms with Gasteiger partial charge in [-0.2, -0.15) is 0 Å². The molecule has 11 heavy (non-hydrogen) atoms. The molecular weight excluding hydrogens is 229 g/mol. The van der Waals surface area contributed by atoms with Crippen LogP contribution >= 0.6 is 0 Å². The van der Waals surface area contributed by atoms with Crippen molar-refractivity contribution in [1.82, 2.24) is 0 Å². The maximum absolute atomic E-state index is 10.4. The Labute approximate surface area is 81.1 Å². The Hall–Kier alpha value is 0.0934. The van der Waals surface area contributed by atoms with Crippen LogP contribution in [-0.4, -0.2) is 11.1 Å².